The average molecular weight is 164 g/mol. The third kappa shape index (κ3) is 0.641. The van der Waals surface area contributed by atoms with Crippen LogP contribution in [-0.2, 0) is 4.79 Å². The predicted molar refractivity (Wildman–Crippen MR) is 46.7 cm³/mol. The Bertz CT molecular complexity index is 233. The molecule has 3 atom stereocenters. The van der Waals surface area contributed by atoms with Crippen LogP contribution in [0.5, 0.6) is 0 Å². The van der Waals surface area contributed by atoms with Crippen LogP contribution in [0.3, 0.4) is 0 Å². The highest BCUT2D eigenvalue weighted by molar-refractivity contribution is 5.84. The molecule has 66 valence electrons. The molecule has 3 saturated carbocycles. The van der Waals surface area contributed by atoms with E-state index < -0.39 is 0 Å². The van der Waals surface area contributed by atoms with Crippen molar-refractivity contribution < 1.29 is 4.79 Å². The third-order valence-electron chi connectivity index (χ3n) is 4.68. The summed E-state index contributed by atoms with van der Waals surface area (Å²) in [4.78, 5) is 11.6. The molecule has 1 nitrogen and oxygen atoms in total. The Balaban J connectivity index is 1.92. The maximum Gasteiger partial charge on any atom is 0.136 e. The molecule has 0 saturated heterocycles. The van der Waals surface area contributed by atoms with Gasteiger partial charge >= 0.3 is 0 Å². The molecule has 1 heteroatoms. The number of hydrogen-bond donors (Lipinski definition) is 0. The first-order valence-corrected chi connectivity index (χ1v) is 5.36. The van der Waals surface area contributed by atoms with Gasteiger partial charge in [0.1, 0.15) is 5.78 Å². The highest BCUT2D eigenvalue weighted by atomic mass is 16.1. The zero-order valence-electron chi connectivity index (χ0n) is 7.51. The highest BCUT2D eigenvalue weighted by Crippen LogP contribution is 2.65. The van der Waals surface area contributed by atoms with Crippen LogP contribution in [0.4, 0.5) is 0 Å². The van der Waals surface area contributed by atoms with Gasteiger partial charge in [-0.3, -0.25) is 4.79 Å². The van der Waals surface area contributed by atoms with Gasteiger partial charge in [-0.1, -0.05) is 6.42 Å². The number of carbonyl (C=O) groups excluding carboxylic acids is 1. The second-order valence-electron chi connectivity index (χ2n) is 4.93. The minimum absolute atomic E-state index is 0.513. The quantitative estimate of drug-likeness (QED) is 0.537. The molecule has 0 aliphatic heterocycles. The Kier molecular flexibility index (Phi) is 1.26. The van der Waals surface area contributed by atoms with Gasteiger partial charge in [-0.2, -0.15) is 0 Å². The first-order valence-electron chi connectivity index (χ1n) is 5.36. The number of ketones is 1. The predicted octanol–water partition coefficient (Wildman–Crippen LogP) is 2.55. The normalized spacial score (nSPS) is 51.2. The van der Waals surface area contributed by atoms with Gasteiger partial charge in [-0.25, -0.2) is 0 Å². The van der Waals surface area contributed by atoms with E-state index >= 15 is 0 Å². The average Bonchev–Trinajstić information content (AvgIpc) is 2.33. The molecule has 0 amide bonds. The summed E-state index contributed by atoms with van der Waals surface area (Å²) in [7, 11) is 0. The lowest BCUT2D eigenvalue weighted by Gasteiger charge is -2.54. The van der Waals surface area contributed by atoms with Crippen molar-refractivity contribution in [1.82, 2.24) is 0 Å². The number of rotatable bonds is 0. The zero-order valence-corrected chi connectivity index (χ0v) is 7.51. The van der Waals surface area contributed by atoms with Crippen molar-refractivity contribution in [3.8, 4) is 0 Å². The van der Waals surface area contributed by atoms with Gasteiger partial charge in [0.15, 0.2) is 0 Å². The molecule has 3 aliphatic rings. The van der Waals surface area contributed by atoms with Crippen molar-refractivity contribution >= 4 is 5.78 Å². The summed E-state index contributed by atoms with van der Waals surface area (Å²) in [6.07, 6.45) is 8.88. The van der Waals surface area contributed by atoms with Crippen molar-refractivity contribution in [3.05, 3.63) is 0 Å². The van der Waals surface area contributed by atoms with Crippen LogP contribution in [0.2, 0.25) is 0 Å². The van der Waals surface area contributed by atoms with E-state index in [0.717, 1.165) is 12.3 Å². The minimum Gasteiger partial charge on any atom is -0.299 e. The second-order valence-corrected chi connectivity index (χ2v) is 4.93. The van der Waals surface area contributed by atoms with Crippen molar-refractivity contribution in [2.75, 3.05) is 0 Å². The lowest BCUT2D eigenvalue weighted by Crippen LogP contribution is -2.51. The summed E-state index contributed by atoms with van der Waals surface area (Å²) in [6.45, 7) is 0. The number of hydrogen-bond acceptors (Lipinski definition) is 1. The molecule has 3 fully saturated rings. The molecule has 12 heavy (non-hydrogen) atoms. The van der Waals surface area contributed by atoms with Crippen LogP contribution in [0.25, 0.3) is 0 Å². The van der Waals surface area contributed by atoms with E-state index in [4.69, 9.17) is 0 Å². The van der Waals surface area contributed by atoms with Crippen LogP contribution < -0.4 is 0 Å². The van der Waals surface area contributed by atoms with Crippen LogP contribution in [0.15, 0.2) is 0 Å². The van der Waals surface area contributed by atoms with Gasteiger partial charge < -0.3 is 0 Å². The Morgan fingerprint density at radius 1 is 1.25 bits per heavy atom. The van der Waals surface area contributed by atoms with Gasteiger partial charge in [0, 0.05) is 12.3 Å². The van der Waals surface area contributed by atoms with Crippen molar-refractivity contribution in [2.45, 2.75) is 44.9 Å². The summed E-state index contributed by atoms with van der Waals surface area (Å²) >= 11 is 0. The molecule has 3 aliphatic carbocycles. The molecular weight excluding hydrogens is 148 g/mol. The van der Waals surface area contributed by atoms with Crippen LogP contribution >= 0.6 is 0 Å². The first-order chi connectivity index (χ1) is 5.83. The van der Waals surface area contributed by atoms with E-state index in [1.165, 1.54) is 38.5 Å². The first kappa shape index (κ1) is 7.11. The van der Waals surface area contributed by atoms with E-state index in [1.807, 2.05) is 0 Å². The van der Waals surface area contributed by atoms with Crippen LogP contribution in [-0.4, -0.2) is 5.78 Å². The van der Waals surface area contributed by atoms with Crippen LogP contribution in [0, 0.1) is 17.3 Å². The topological polar surface area (TPSA) is 17.1 Å². The Hall–Kier alpha value is -0.330. The molecule has 0 unspecified atom stereocenters. The molecular formula is C11H16O. The maximum atomic E-state index is 11.6. The van der Waals surface area contributed by atoms with E-state index in [2.05, 4.69) is 0 Å². The van der Waals surface area contributed by atoms with E-state index in [0.29, 0.717) is 17.1 Å². The van der Waals surface area contributed by atoms with Gasteiger partial charge in [0.25, 0.3) is 0 Å². The lowest BCUT2D eigenvalue weighted by atomic mass is 9.49. The number of carbonyl (C=O) groups is 1. The summed E-state index contributed by atoms with van der Waals surface area (Å²) < 4.78 is 0. The van der Waals surface area contributed by atoms with E-state index in [-0.39, 0.29) is 0 Å². The molecule has 0 aromatic carbocycles. The zero-order chi connectivity index (χ0) is 8.18. The molecule has 0 bridgehead atoms. The Morgan fingerprint density at radius 2 is 2.08 bits per heavy atom. The van der Waals surface area contributed by atoms with Gasteiger partial charge in [-0.15, -0.1) is 0 Å². The Labute approximate surface area is 73.5 Å². The SMILES string of the molecule is O=C1CCC[C@@]23CCC[C@@H]2C[C@@H]13. The van der Waals surface area contributed by atoms with Crippen LogP contribution in [0.1, 0.15) is 44.9 Å². The summed E-state index contributed by atoms with van der Waals surface area (Å²) in [5.74, 6) is 2.06. The standard InChI is InChI=1S/C11H16O/c12-10-4-2-6-11-5-1-3-8(11)7-9(10)11/h8-9H,1-7H2/t8-,9+,11+/m1/s1. The van der Waals surface area contributed by atoms with Gasteiger partial charge in [-0.05, 0) is 43.4 Å². The van der Waals surface area contributed by atoms with Crippen molar-refractivity contribution in [2.24, 2.45) is 17.3 Å². The summed E-state index contributed by atoms with van der Waals surface area (Å²) in [5.41, 5.74) is 0.551. The second kappa shape index (κ2) is 2.12. The lowest BCUT2D eigenvalue weighted by molar-refractivity contribution is -0.146. The monoisotopic (exact) mass is 164 g/mol. The fraction of sp³-hybridized carbons (Fsp3) is 0.909. The largest absolute Gasteiger partial charge is 0.299 e. The maximum absolute atomic E-state index is 11.6. The summed E-state index contributed by atoms with van der Waals surface area (Å²) in [5, 5.41) is 0. The molecule has 0 aromatic heterocycles. The molecule has 0 aromatic rings. The molecule has 0 heterocycles. The number of Topliss-reactive ketones (excluding diaryl/α,β-unsaturated/α-hetero) is 1. The fourth-order valence-corrected chi connectivity index (χ4v) is 4.06. The highest BCUT2D eigenvalue weighted by Gasteiger charge is 2.60. The third-order valence-corrected chi connectivity index (χ3v) is 4.68. The Morgan fingerprint density at radius 3 is 2.92 bits per heavy atom. The smallest absolute Gasteiger partial charge is 0.136 e. The molecule has 0 radical (unpaired) electrons. The molecule has 1 spiro atoms. The van der Waals surface area contributed by atoms with E-state index in [1.54, 1.807) is 0 Å². The van der Waals surface area contributed by atoms with Crippen molar-refractivity contribution in [3.63, 3.8) is 0 Å². The molecule has 3 rings (SSSR count). The van der Waals surface area contributed by atoms with Gasteiger partial charge in [0.05, 0.1) is 0 Å². The minimum atomic E-state index is 0.513. The molecule has 0 N–H and O–H groups in total. The summed E-state index contributed by atoms with van der Waals surface area (Å²) in [6, 6.07) is 0. The van der Waals surface area contributed by atoms with Gasteiger partial charge in [0.2, 0.25) is 0 Å². The van der Waals surface area contributed by atoms with Crippen molar-refractivity contribution in [1.29, 1.82) is 0 Å². The fourth-order valence-electron chi connectivity index (χ4n) is 4.06. The van der Waals surface area contributed by atoms with E-state index in [9.17, 15) is 4.79 Å².